The molecule has 0 saturated heterocycles. The lowest BCUT2D eigenvalue weighted by Crippen LogP contribution is -2.20. The Balaban J connectivity index is 2.23. The molecule has 1 amide bonds. The van der Waals surface area contributed by atoms with Crippen LogP contribution in [0.1, 0.15) is 10.4 Å². The Morgan fingerprint density at radius 1 is 1.32 bits per heavy atom. The van der Waals surface area contributed by atoms with Gasteiger partial charge in [-0.15, -0.1) is 0 Å². The van der Waals surface area contributed by atoms with Gasteiger partial charge in [-0.1, -0.05) is 11.6 Å². The van der Waals surface area contributed by atoms with Crippen LogP contribution < -0.4 is 16.6 Å². The van der Waals surface area contributed by atoms with Gasteiger partial charge in [-0.05, 0) is 24.3 Å². The number of hydrogen-bond acceptors (Lipinski definition) is 3. The summed E-state index contributed by atoms with van der Waals surface area (Å²) in [5, 5.41) is 3.07. The molecule has 1 aromatic heterocycles. The summed E-state index contributed by atoms with van der Waals surface area (Å²) in [5.41, 5.74) is 6.58. The third-order valence-corrected chi connectivity index (χ3v) is 2.96. The average Bonchev–Trinajstić information content (AvgIpc) is 2.37. The zero-order valence-electron chi connectivity index (χ0n) is 10.2. The number of nitrogens with two attached hydrogens (primary N) is 1. The van der Waals surface area contributed by atoms with E-state index in [1.54, 1.807) is 31.3 Å². The van der Waals surface area contributed by atoms with Crippen molar-refractivity contribution in [2.45, 2.75) is 0 Å². The second kappa shape index (κ2) is 5.16. The summed E-state index contributed by atoms with van der Waals surface area (Å²) in [6, 6.07) is 7.63. The van der Waals surface area contributed by atoms with Crippen LogP contribution in [0.5, 0.6) is 0 Å². The molecule has 2 aromatic rings. The standard InChI is InChI=1S/C13H12ClN3O2/c1-17-5-4-8(6-12(17)18)13(19)16-9-2-3-10(14)11(15)7-9/h2-7H,15H2,1H3,(H,16,19). The maximum atomic E-state index is 11.9. The number of halogens is 1. The Bertz CT molecular complexity index is 695. The highest BCUT2D eigenvalue weighted by Gasteiger charge is 2.08. The number of pyridine rings is 1. The second-order valence-corrected chi connectivity index (χ2v) is 4.46. The molecule has 98 valence electrons. The molecule has 0 unspecified atom stereocenters. The van der Waals surface area contributed by atoms with Crippen molar-refractivity contribution in [1.82, 2.24) is 4.57 Å². The van der Waals surface area contributed by atoms with E-state index in [1.807, 2.05) is 0 Å². The first-order valence-electron chi connectivity index (χ1n) is 5.50. The highest BCUT2D eigenvalue weighted by atomic mass is 35.5. The third-order valence-electron chi connectivity index (χ3n) is 2.62. The van der Waals surface area contributed by atoms with Crippen LogP contribution in [-0.4, -0.2) is 10.5 Å². The molecular weight excluding hydrogens is 266 g/mol. The van der Waals surface area contributed by atoms with Crippen molar-refractivity contribution in [2.24, 2.45) is 7.05 Å². The van der Waals surface area contributed by atoms with Gasteiger partial charge in [0, 0.05) is 30.6 Å². The van der Waals surface area contributed by atoms with Gasteiger partial charge in [-0.3, -0.25) is 9.59 Å². The van der Waals surface area contributed by atoms with Crippen molar-refractivity contribution in [3.05, 3.63) is 57.5 Å². The number of benzene rings is 1. The van der Waals surface area contributed by atoms with Crippen molar-refractivity contribution < 1.29 is 4.79 Å². The fraction of sp³-hybridized carbons (Fsp3) is 0.0769. The van der Waals surface area contributed by atoms with Crippen LogP contribution in [0.15, 0.2) is 41.3 Å². The molecule has 6 heteroatoms. The van der Waals surface area contributed by atoms with Gasteiger partial charge in [-0.25, -0.2) is 0 Å². The van der Waals surface area contributed by atoms with E-state index in [2.05, 4.69) is 5.32 Å². The molecule has 0 spiro atoms. The fourth-order valence-corrected chi connectivity index (χ4v) is 1.63. The maximum absolute atomic E-state index is 11.9. The quantitative estimate of drug-likeness (QED) is 0.823. The minimum atomic E-state index is -0.376. The molecular formula is C13H12ClN3O2. The number of aryl methyl sites for hydroxylation is 1. The van der Waals surface area contributed by atoms with Gasteiger partial charge >= 0.3 is 0 Å². The molecule has 1 heterocycles. The van der Waals surface area contributed by atoms with Gasteiger partial charge in [0.1, 0.15) is 0 Å². The van der Waals surface area contributed by atoms with Crippen LogP contribution >= 0.6 is 11.6 Å². The zero-order valence-corrected chi connectivity index (χ0v) is 10.9. The zero-order chi connectivity index (χ0) is 14.0. The highest BCUT2D eigenvalue weighted by molar-refractivity contribution is 6.33. The Labute approximate surface area is 114 Å². The lowest BCUT2D eigenvalue weighted by molar-refractivity contribution is 0.102. The minimum Gasteiger partial charge on any atom is -0.397 e. The molecule has 0 aliphatic heterocycles. The Hall–Kier alpha value is -2.27. The predicted molar refractivity (Wildman–Crippen MR) is 75.5 cm³/mol. The van der Waals surface area contributed by atoms with Gasteiger partial charge in [0.2, 0.25) is 0 Å². The summed E-state index contributed by atoms with van der Waals surface area (Å²) in [6.07, 6.45) is 1.54. The van der Waals surface area contributed by atoms with Crippen molar-refractivity contribution in [1.29, 1.82) is 0 Å². The van der Waals surface area contributed by atoms with E-state index < -0.39 is 0 Å². The highest BCUT2D eigenvalue weighted by Crippen LogP contribution is 2.22. The van der Waals surface area contributed by atoms with E-state index in [9.17, 15) is 9.59 Å². The number of aromatic nitrogens is 1. The smallest absolute Gasteiger partial charge is 0.255 e. The summed E-state index contributed by atoms with van der Waals surface area (Å²) in [6.45, 7) is 0. The summed E-state index contributed by atoms with van der Waals surface area (Å²) < 4.78 is 1.39. The van der Waals surface area contributed by atoms with E-state index >= 15 is 0 Å². The van der Waals surface area contributed by atoms with Crippen molar-refractivity contribution in [3.8, 4) is 0 Å². The lowest BCUT2D eigenvalue weighted by atomic mass is 10.2. The van der Waals surface area contributed by atoms with E-state index in [0.29, 0.717) is 16.4 Å². The molecule has 0 aliphatic carbocycles. The first-order valence-corrected chi connectivity index (χ1v) is 5.88. The number of carbonyl (C=O) groups is 1. The molecule has 1 aromatic carbocycles. The normalized spacial score (nSPS) is 10.2. The summed E-state index contributed by atoms with van der Waals surface area (Å²) in [5.74, 6) is -0.376. The summed E-state index contributed by atoms with van der Waals surface area (Å²) >= 11 is 5.79. The van der Waals surface area contributed by atoms with Gasteiger partial charge in [0.05, 0.1) is 10.7 Å². The lowest BCUT2D eigenvalue weighted by Gasteiger charge is -2.07. The van der Waals surface area contributed by atoms with Crippen LogP contribution in [-0.2, 0) is 7.05 Å². The first kappa shape index (κ1) is 13.2. The summed E-state index contributed by atoms with van der Waals surface area (Å²) in [4.78, 5) is 23.4. The number of nitrogen functional groups attached to an aromatic ring is 1. The van der Waals surface area contributed by atoms with E-state index in [-0.39, 0.29) is 17.0 Å². The monoisotopic (exact) mass is 277 g/mol. The van der Waals surface area contributed by atoms with Gasteiger partial charge < -0.3 is 15.6 Å². The first-order chi connectivity index (χ1) is 8.97. The van der Waals surface area contributed by atoms with Crippen molar-refractivity contribution >= 4 is 28.9 Å². The number of nitrogens with zero attached hydrogens (tertiary/aromatic N) is 1. The molecule has 0 saturated carbocycles. The van der Waals surface area contributed by atoms with Crippen LogP contribution in [0, 0.1) is 0 Å². The average molecular weight is 278 g/mol. The minimum absolute atomic E-state index is 0.247. The molecule has 5 nitrogen and oxygen atoms in total. The maximum Gasteiger partial charge on any atom is 0.255 e. The number of carbonyl (C=O) groups excluding carboxylic acids is 1. The largest absolute Gasteiger partial charge is 0.397 e. The Morgan fingerprint density at radius 2 is 2.05 bits per heavy atom. The molecule has 0 aliphatic rings. The molecule has 0 radical (unpaired) electrons. The van der Waals surface area contributed by atoms with Crippen LogP contribution in [0.4, 0.5) is 11.4 Å². The SMILES string of the molecule is Cn1ccc(C(=O)Nc2ccc(Cl)c(N)c2)cc1=O. The Kier molecular flexibility index (Phi) is 3.57. The molecule has 2 rings (SSSR count). The van der Waals surface area contributed by atoms with Crippen LogP contribution in [0.3, 0.4) is 0 Å². The number of nitrogens with one attached hydrogen (secondary N) is 1. The van der Waals surface area contributed by atoms with Crippen LogP contribution in [0.25, 0.3) is 0 Å². The predicted octanol–water partition coefficient (Wildman–Crippen LogP) is 1.87. The second-order valence-electron chi connectivity index (χ2n) is 4.05. The number of rotatable bonds is 2. The van der Waals surface area contributed by atoms with E-state index in [1.165, 1.54) is 16.8 Å². The van der Waals surface area contributed by atoms with Gasteiger partial charge in [-0.2, -0.15) is 0 Å². The molecule has 0 atom stereocenters. The van der Waals surface area contributed by atoms with E-state index in [4.69, 9.17) is 17.3 Å². The summed E-state index contributed by atoms with van der Waals surface area (Å²) in [7, 11) is 1.61. The molecule has 0 bridgehead atoms. The topological polar surface area (TPSA) is 77.1 Å². The van der Waals surface area contributed by atoms with Gasteiger partial charge in [0.25, 0.3) is 11.5 Å². The number of hydrogen-bond donors (Lipinski definition) is 2. The van der Waals surface area contributed by atoms with Crippen molar-refractivity contribution in [3.63, 3.8) is 0 Å². The number of anilines is 2. The molecule has 3 N–H and O–H groups in total. The molecule has 0 fully saturated rings. The van der Waals surface area contributed by atoms with Crippen molar-refractivity contribution in [2.75, 3.05) is 11.1 Å². The third kappa shape index (κ3) is 2.95. The molecule has 19 heavy (non-hydrogen) atoms. The van der Waals surface area contributed by atoms with Crippen LogP contribution in [0.2, 0.25) is 5.02 Å². The number of amides is 1. The Morgan fingerprint density at radius 3 is 2.68 bits per heavy atom. The fourth-order valence-electron chi connectivity index (χ4n) is 1.51. The van der Waals surface area contributed by atoms with Gasteiger partial charge in [0.15, 0.2) is 0 Å². The van der Waals surface area contributed by atoms with E-state index in [0.717, 1.165) is 0 Å².